The lowest BCUT2D eigenvalue weighted by molar-refractivity contribution is 0.175. The van der Waals surface area contributed by atoms with Crippen molar-refractivity contribution in [3.8, 4) is 0 Å². The molecule has 2 unspecified atom stereocenters. The van der Waals surface area contributed by atoms with Gasteiger partial charge in [-0.25, -0.2) is 8.42 Å². The Morgan fingerprint density at radius 2 is 2.23 bits per heavy atom. The maximum absolute atomic E-state index is 11.2. The van der Waals surface area contributed by atoms with Crippen LogP contribution in [0.15, 0.2) is 0 Å². The minimum atomic E-state index is -2.78. The van der Waals surface area contributed by atoms with E-state index in [0.717, 1.165) is 19.3 Å². The molecule has 0 aliphatic carbocycles. The predicted octanol–water partition coefficient (Wildman–Crippen LogP) is 0.830. The molecule has 1 N–H and O–H groups in total. The molecule has 0 aromatic heterocycles. The molecule has 1 aliphatic rings. The van der Waals surface area contributed by atoms with E-state index in [2.05, 4.69) is 6.92 Å². The average molecular weight is 206 g/mol. The van der Waals surface area contributed by atoms with Gasteiger partial charge in [0, 0.05) is 6.61 Å². The molecule has 1 rings (SSSR count). The molecule has 1 heterocycles. The summed E-state index contributed by atoms with van der Waals surface area (Å²) in [5.74, 6) is 1.01. The molecule has 2 atom stereocenters. The van der Waals surface area contributed by atoms with Crippen LogP contribution in [0.4, 0.5) is 0 Å². The maximum Gasteiger partial charge on any atom is 0.150 e. The molecule has 0 radical (unpaired) electrons. The van der Waals surface area contributed by atoms with Crippen LogP contribution >= 0.6 is 0 Å². The number of sulfone groups is 1. The lowest BCUT2D eigenvalue weighted by atomic mass is 9.89. The minimum absolute atomic E-state index is 0.133. The van der Waals surface area contributed by atoms with E-state index < -0.39 is 9.84 Å². The SMILES string of the molecule is CCCC(CO)C1CCS(=O)(=O)C1. The van der Waals surface area contributed by atoms with Crippen LogP contribution < -0.4 is 0 Å². The Hall–Kier alpha value is -0.0900. The van der Waals surface area contributed by atoms with Gasteiger partial charge in [-0.05, 0) is 24.7 Å². The van der Waals surface area contributed by atoms with E-state index >= 15 is 0 Å². The van der Waals surface area contributed by atoms with Crippen molar-refractivity contribution in [1.29, 1.82) is 0 Å². The molecule has 0 amide bonds. The van der Waals surface area contributed by atoms with Gasteiger partial charge in [0.1, 0.15) is 0 Å². The van der Waals surface area contributed by atoms with Gasteiger partial charge in [-0.1, -0.05) is 13.3 Å². The van der Waals surface area contributed by atoms with Gasteiger partial charge >= 0.3 is 0 Å². The summed E-state index contributed by atoms with van der Waals surface area (Å²) in [4.78, 5) is 0. The average Bonchev–Trinajstić information content (AvgIpc) is 2.42. The van der Waals surface area contributed by atoms with Crippen molar-refractivity contribution < 1.29 is 13.5 Å². The summed E-state index contributed by atoms with van der Waals surface area (Å²) in [5.41, 5.74) is 0. The highest BCUT2D eigenvalue weighted by Crippen LogP contribution is 2.28. The summed E-state index contributed by atoms with van der Waals surface area (Å²) in [6.07, 6.45) is 2.70. The monoisotopic (exact) mass is 206 g/mol. The van der Waals surface area contributed by atoms with Crippen LogP contribution in [0.25, 0.3) is 0 Å². The standard InChI is InChI=1S/C9H18O3S/c1-2-3-8(6-10)9-4-5-13(11,12)7-9/h8-10H,2-7H2,1H3. The number of aliphatic hydroxyl groups excluding tert-OH is 1. The molecule has 0 saturated carbocycles. The molecule has 13 heavy (non-hydrogen) atoms. The third-order valence-corrected chi connectivity index (χ3v) is 4.62. The van der Waals surface area contributed by atoms with E-state index in [4.69, 9.17) is 5.11 Å². The fourth-order valence-electron chi connectivity index (χ4n) is 2.04. The Balaban J connectivity index is 2.52. The fourth-order valence-corrected chi connectivity index (χ4v) is 3.96. The number of aliphatic hydroxyl groups is 1. The maximum atomic E-state index is 11.2. The second-order valence-electron chi connectivity index (χ2n) is 3.89. The summed E-state index contributed by atoms with van der Waals surface area (Å²) in [5, 5.41) is 9.09. The summed E-state index contributed by atoms with van der Waals surface area (Å²) in [6, 6.07) is 0. The van der Waals surface area contributed by atoms with E-state index in [-0.39, 0.29) is 24.2 Å². The van der Waals surface area contributed by atoms with Gasteiger partial charge in [0.05, 0.1) is 11.5 Å². The van der Waals surface area contributed by atoms with E-state index in [1.54, 1.807) is 0 Å². The lowest BCUT2D eigenvalue weighted by Crippen LogP contribution is -2.19. The van der Waals surface area contributed by atoms with Crippen LogP contribution in [0.2, 0.25) is 0 Å². The van der Waals surface area contributed by atoms with Gasteiger partial charge < -0.3 is 5.11 Å². The predicted molar refractivity (Wildman–Crippen MR) is 52.2 cm³/mol. The van der Waals surface area contributed by atoms with Crippen LogP contribution in [0.5, 0.6) is 0 Å². The first-order valence-electron chi connectivity index (χ1n) is 4.90. The Morgan fingerprint density at radius 3 is 2.62 bits per heavy atom. The summed E-state index contributed by atoms with van der Waals surface area (Å²) < 4.78 is 22.4. The highest BCUT2D eigenvalue weighted by atomic mass is 32.2. The van der Waals surface area contributed by atoms with E-state index in [0.29, 0.717) is 5.75 Å². The second-order valence-corrected chi connectivity index (χ2v) is 6.12. The van der Waals surface area contributed by atoms with Crippen LogP contribution in [-0.4, -0.2) is 31.6 Å². The van der Waals surface area contributed by atoms with Gasteiger partial charge in [-0.15, -0.1) is 0 Å². The largest absolute Gasteiger partial charge is 0.396 e. The highest BCUT2D eigenvalue weighted by molar-refractivity contribution is 7.91. The molecule has 1 saturated heterocycles. The Kier molecular flexibility index (Phi) is 3.74. The van der Waals surface area contributed by atoms with E-state index in [1.165, 1.54) is 0 Å². The third kappa shape index (κ3) is 2.95. The zero-order valence-electron chi connectivity index (χ0n) is 8.07. The topological polar surface area (TPSA) is 54.4 Å². The van der Waals surface area contributed by atoms with E-state index in [1.807, 2.05) is 0 Å². The molecule has 1 aliphatic heterocycles. The highest BCUT2D eigenvalue weighted by Gasteiger charge is 2.32. The van der Waals surface area contributed by atoms with Crippen LogP contribution in [0.1, 0.15) is 26.2 Å². The zero-order chi connectivity index (χ0) is 9.90. The summed E-state index contributed by atoms with van der Waals surface area (Å²) in [7, 11) is -2.78. The lowest BCUT2D eigenvalue weighted by Gasteiger charge is -2.18. The summed E-state index contributed by atoms with van der Waals surface area (Å²) in [6.45, 7) is 2.19. The Morgan fingerprint density at radius 1 is 1.54 bits per heavy atom. The number of hydrogen-bond donors (Lipinski definition) is 1. The van der Waals surface area contributed by atoms with Crippen molar-refractivity contribution in [2.24, 2.45) is 11.8 Å². The van der Waals surface area contributed by atoms with Crippen LogP contribution in [0, 0.1) is 11.8 Å². The van der Waals surface area contributed by atoms with Gasteiger partial charge in [0.2, 0.25) is 0 Å². The molecule has 0 aromatic rings. The second kappa shape index (κ2) is 4.42. The molecule has 1 fully saturated rings. The molecule has 78 valence electrons. The quantitative estimate of drug-likeness (QED) is 0.741. The Bertz CT molecular complexity index is 246. The third-order valence-electron chi connectivity index (χ3n) is 2.83. The van der Waals surface area contributed by atoms with Crippen molar-refractivity contribution >= 4 is 9.84 Å². The normalized spacial score (nSPS) is 28.9. The minimum Gasteiger partial charge on any atom is -0.396 e. The molecule has 0 aromatic carbocycles. The van der Waals surface area contributed by atoms with Gasteiger partial charge in [0.25, 0.3) is 0 Å². The van der Waals surface area contributed by atoms with Gasteiger partial charge in [-0.2, -0.15) is 0 Å². The molecular formula is C9H18O3S. The van der Waals surface area contributed by atoms with Crippen molar-refractivity contribution in [2.45, 2.75) is 26.2 Å². The molecule has 4 heteroatoms. The van der Waals surface area contributed by atoms with Crippen molar-refractivity contribution in [3.63, 3.8) is 0 Å². The molecular weight excluding hydrogens is 188 g/mol. The molecule has 3 nitrogen and oxygen atoms in total. The van der Waals surface area contributed by atoms with Crippen LogP contribution in [0.3, 0.4) is 0 Å². The smallest absolute Gasteiger partial charge is 0.150 e. The van der Waals surface area contributed by atoms with E-state index in [9.17, 15) is 8.42 Å². The molecule has 0 bridgehead atoms. The summed E-state index contributed by atoms with van der Waals surface area (Å²) >= 11 is 0. The number of hydrogen-bond acceptors (Lipinski definition) is 3. The first-order valence-corrected chi connectivity index (χ1v) is 6.72. The van der Waals surface area contributed by atoms with Crippen LogP contribution in [-0.2, 0) is 9.84 Å². The van der Waals surface area contributed by atoms with Crippen molar-refractivity contribution in [3.05, 3.63) is 0 Å². The fraction of sp³-hybridized carbons (Fsp3) is 1.00. The first-order chi connectivity index (χ1) is 6.09. The zero-order valence-corrected chi connectivity index (χ0v) is 8.89. The van der Waals surface area contributed by atoms with Gasteiger partial charge in [0.15, 0.2) is 9.84 Å². The van der Waals surface area contributed by atoms with Crippen molar-refractivity contribution in [2.75, 3.05) is 18.1 Å². The van der Waals surface area contributed by atoms with Crippen molar-refractivity contribution in [1.82, 2.24) is 0 Å². The first kappa shape index (κ1) is 11.0. The van der Waals surface area contributed by atoms with Gasteiger partial charge in [-0.3, -0.25) is 0 Å². The number of rotatable bonds is 4. The Labute approximate surface area is 80.1 Å². The molecule has 0 spiro atoms.